The van der Waals surface area contributed by atoms with Crippen molar-refractivity contribution < 1.29 is 18.0 Å². The van der Waals surface area contributed by atoms with Crippen molar-refractivity contribution in [3.8, 4) is 5.75 Å². The van der Waals surface area contributed by atoms with Crippen LogP contribution in [0.4, 0.5) is 11.6 Å². The number of hydrogen-bond donors (Lipinski definition) is 2. The van der Waals surface area contributed by atoms with Crippen LogP contribution in [0.2, 0.25) is 5.02 Å². The van der Waals surface area contributed by atoms with Crippen LogP contribution in [0.1, 0.15) is 16.8 Å². The molecule has 0 saturated heterocycles. The molecule has 2 aromatic carbocycles. The van der Waals surface area contributed by atoms with Crippen LogP contribution in [0.25, 0.3) is 0 Å². The van der Waals surface area contributed by atoms with E-state index < -0.39 is 10.0 Å². The zero-order valence-electron chi connectivity index (χ0n) is 14.5. The highest BCUT2D eigenvalue weighted by atomic mass is 35.5. The van der Waals surface area contributed by atoms with Crippen LogP contribution in [-0.2, 0) is 10.0 Å². The summed E-state index contributed by atoms with van der Waals surface area (Å²) in [6, 6.07) is 10.6. The zero-order valence-corrected chi connectivity index (χ0v) is 16.0. The summed E-state index contributed by atoms with van der Waals surface area (Å²) in [5.41, 5.74) is 2.21. The molecule has 0 amide bonds. The fourth-order valence-electron chi connectivity index (χ4n) is 2.18. The maximum absolute atomic E-state index is 12.5. The smallest absolute Gasteiger partial charge is 0.264 e. The summed E-state index contributed by atoms with van der Waals surface area (Å²) < 4.78 is 32.3. The van der Waals surface area contributed by atoms with E-state index >= 15 is 0 Å². The molecular formula is C18H16ClN3O4S. The molecule has 0 bridgehead atoms. The van der Waals surface area contributed by atoms with Crippen LogP contribution in [0, 0.1) is 13.8 Å². The van der Waals surface area contributed by atoms with Crippen molar-refractivity contribution in [2.24, 2.45) is 4.99 Å². The van der Waals surface area contributed by atoms with E-state index in [1.807, 2.05) is 0 Å². The lowest BCUT2D eigenvalue weighted by molar-refractivity contribution is 0.430. The Kier molecular flexibility index (Phi) is 5.20. The zero-order chi connectivity index (χ0) is 19.6. The Morgan fingerprint density at radius 2 is 1.89 bits per heavy atom. The molecule has 3 aromatic rings. The number of phenolic OH excluding ortho intramolecular Hbond substituents is 1. The van der Waals surface area contributed by atoms with Gasteiger partial charge < -0.3 is 9.63 Å². The Bertz CT molecular complexity index is 1110. The van der Waals surface area contributed by atoms with E-state index in [9.17, 15) is 13.5 Å². The van der Waals surface area contributed by atoms with Crippen molar-refractivity contribution in [3.05, 3.63) is 64.3 Å². The van der Waals surface area contributed by atoms with Gasteiger partial charge in [0.2, 0.25) is 5.88 Å². The van der Waals surface area contributed by atoms with Crippen molar-refractivity contribution in [2.75, 3.05) is 4.72 Å². The number of hydrogen-bond acceptors (Lipinski definition) is 6. The lowest BCUT2D eigenvalue weighted by atomic mass is 10.2. The molecule has 0 aliphatic carbocycles. The van der Waals surface area contributed by atoms with Gasteiger partial charge in [-0.05, 0) is 56.3 Å². The second-order valence-corrected chi connectivity index (χ2v) is 7.90. The summed E-state index contributed by atoms with van der Waals surface area (Å²) in [4.78, 5) is 4.27. The number of benzene rings is 2. The van der Waals surface area contributed by atoms with Gasteiger partial charge in [0.15, 0.2) is 0 Å². The van der Waals surface area contributed by atoms with Crippen LogP contribution in [0.15, 0.2) is 56.9 Å². The topological polar surface area (TPSA) is 105 Å². The van der Waals surface area contributed by atoms with Gasteiger partial charge in [-0.25, -0.2) is 13.1 Å². The molecule has 0 fully saturated rings. The number of rotatable bonds is 5. The van der Waals surface area contributed by atoms with Crippen molar-refractivity contribution in [1.29, 1.82) is 0 Å². The number of aromatic nitrogens is 1. The highest BCUT2D eigenvalue weighted by Gasteiger charge is 2.19. The van der Waals surface area contributed by atoms with Gasteiger partial charge >= 0.3 is 0 Å². The number of phenols is 1. The van der Waals surface area contributed by atoms with Crippen LogP contribution >= 0.6 is 11.6 Å². The number of halogens is 1. The molecule has 1 aromatic heterocycles. The quantitative estimate of drug-likeness (QED) is 0.619. The fourth-order valence-corrected chi connectivity index (χ4v) is 3.40. The van der Waals surface area contributed by atoms with E-state index in [0.717, 1.165) is 0 Å². The predicted octanol–water partition coefficient (Wildman–Crippen LogP) is 4.20. The van der Waals surface area contributed by atoms with Crippen LogP contribution in [0.5, 0.6) is 5.75 Å². The number of sulfonamides is 1. The van der Waals surface area contributed by atoms with E-state index in [-0.39, 0.29) is 16.5 Å². The van der Waals surface area contributed by atoms with Crippen LogP contribution in [-0.4, -0.2) is 24.9 Å². The standard InChI is InChI=1S/C18H16ClN3O4S/c1-11-12(2)21-26-18(11)22-27(24,25)16-6-4-15(5-7-16)20-10-13-9-14(19)3-8-17(13)23/h3-10,22-23H,1-2H3. The third-order valence-electron chi connectivity index (χ3n) is 3.87. The minimum atomic E-state index is -3.81. The Labute approximate surface area is 161 Å². The molecule has 0 radical (unpaired) electrons. The van der Waals surface area contributed by atoms with Gasteiger partial charge in [0.1, 0.15) is 5.75 Å². The molecule has 0 spiro atoms. The molecule has 140 valence electrons. The van der Waals surface area contributed by atoms with E-state index in [4.69, 9.17) is 16.1 Å². The molecular weight excluding hydrogens is 390 g/mol. The van der Waals surface area contributed by atoms with Crippen molar-refractivity contribution >= 4 is 39.4 Å². The second kappa shape index (κ2) is 7.42. The van der Waals surface area contributed by atoms with Crippen molar-refractivity contribution in [2.45, 2.75) is 18.7 Å². The third kappa shape index (κ3) is 4.29. The highest BCUT2D eigenvalue weighted by molar-refractivity contribution is 7.92. The summed E-state index contributed by atoms with van der Waals surface area (Å²) in [5.74, 6) is 0.135. The summed E-state index contributed by atoms with van der Waals surface area (Å²) >= 11 is 5.89. The third-order valence-corrected chi connectivity index (χ3v) is 5.46. The number of aliphatic imine (C=N–C) groups is 1. The highest BCUT2D eigenvalue weighted by Crippen LogP contribution is 2.24. The van der Waals surface area contributed by atoms with Gasteiger partial charge in [0.05, 0.1) is 16.3 Å². The minimum absolute atomic E-state index is 0.0456. The lowest BCUT2D eigenvalue weighted by Crippen LogP contribution is -2.12. The van der Waals surface area contributed by atoms with E-state index in [0.29, 0.717) is 27.5 Å². The molecule has 27 heavy (non-hydrogen) atoms. The molecule has 0 atom stereocenters. The average Bonchev–Trinajstić information content (AvgIpc) is 2.94. The van der Waals surface area contributed by atoms with E-state index in [1.165, 1.54) is 24.4 Å². The largest absolute Gasteiger partial charge is 0.507 e. The van der Waals surface area contributed by atoms with Gasteiger partial charge in [-0.15, -0.1) is 0 Å². The van der Waals surface area contributed by atoms with Crippen molar-refractivity contribution in [3.63, 3.8) is 0 Å². The van der Waals surface area contributed by atoms with Crippen LogP contribution < -0.4 is 4.72 Å². The first kappa shape index (κ1) is 18.9. The fraction of sp³-hybridized carbons (Fsp3) is 0.111. The summed E-state index contributed by atoms with van der Waals surface area (Å²) in [5, 5.41) is 14.0. The molecule has 2 N–H and O–H groups in total. The molecule has 1 heterocycles. The maximum atomic E-state index is 12.5. The van der Waals surface area contributed by atoms with E-state index in [1.54, 1.807) is 38.1 Å². The number of nitrogens with zero attached hydrogens (tertiary/aromatic N) is 2. The molecule has 3 rings (SSSR count). The summed E-state index contributed by atoms with van der Waals surface area (Å²) in [7, 11) is -3.81. The molecule has 0 unspecified atom stereocenters. The predicted molar refractivity (Wildman–Crippen MR) is 104 cm³/mol. The van der Waals surface area contributed by atoms with Crippen LogP contribution in [0.3, 0.4) is 0 Å². The molecule has 9 heteroatoms. The normalized spacial score (nSPS) is 11.8. The first-order chi connectivity index (χ1) is 12.8. The second-order valence-electron chi connectivity index (χ2n) is 5.78. The number of aromatic hydroxyl groups is 1. The molecule has 0 aliphatic heterocycles. The number of anilines is 1. The van der Waals surface area contributed by atoms with Gasteiger partial charge in [-0.3, -0.25) is 4.99 Å². The van der Waals surface area contributed by atoms with Gasteiger partial charge in [0, 0.05) is 22.4 Å². The SMILES string of the molecule is Cc1noc(NS(=O)(=O)c2ccc(N=Cc3cc(Cl)ccc3O)cc2)c1C. The Balaban J connectivity index is 1.79. The van der Waals surface area contributed by atoms with Crippen molar-refractivity contribution in [1.82, 2.24) is 5.16 Å². The first-order valence-electron chi connectivity index (χ1n) is 7.84. The minimum Gasteiger partial charge on any atom is -0.507 e. The average molecular weight is 406 g/mol. The molecule has 7 nitrogen and oxygen atoms in total. The maximum Gasteiger partial charge on any atom is 0.264 e. The van der Waals surface area contributed by atoms with E-state index in [2.05, 4.69) is 14.9 Å². The molecule has 0 saturated carbocycles. The Hall–Kier alpha value is -2.84. The Morgan fingerprint density at radius 3 is 2.52 bits per heavy atom. The summed E-state index contributed by atoms with van der Waals surface area (Å²) in [6.07, 6.45) is 1.45. The monoisotopic (exact) mass is 405 g/mol. The number of aryl methyl sites for hydroxylation is 1. The Morgan fingerprint density at radius 1 is 1.19 bits per heavy atom. The van der Waals surface area contributed by atoms with Gasteiger partial charge in [-0.2, -0.15) is 0 Å². The molecule has 0 aliphatic rings. The lowest BCUT2D eigenvalue weighted by Gasteiger charge is -2.06. The van der Waals surface area contributed by atoms with Gasteiger partial charge in [-0.1, -0.05) is 16.8 Å². The summed E-state index contributed by atoms with van der Waals surface area (Å²) in [6.45, 7) is 3.44. The van der Waals surface area contributed by atoms with Gasteiger partial charge in [0.25, 0.3) is 10.0 Å². The first-order valence-corrected chi connectivity index (χ1v) is 9.71. The number of nitrogens with one attached hydrogen (secondary N) is 1.